The van der Waals surface area contributed by atoms with Crippen molar-refractivity contribution in [3.63, 3.8) is 0 Å². The summed E-state index contributed by atoms with van der Waals surface area (Å²) in [5, 5.41) is 20.7. The molecule has 0 saturated heterocycles. The van der Waals surface area contributed by atoms with Crippen molar-refractivity contribution in [1.29, 1.82) is 0 Å². The molecule has 1 aliphatic rings. The van der Waals surface area contributed by atoms with Crippen LogP contribution >= 0.6 is 0 Å². The molecule has 1 aliphatic carbocycles. The second-order valence-corrected chi connectivity index (χ2v) is 7.54. The molecule has 0 bridgehead atoms. The zero-order chi connectivity index (χ0) is 16.8. The van der Waals surface area contributed by atoms with Gasteiger partial charge < -0.3 is 10.2 Å². The van der Waals surface area contributed by atoms with Crippen LogP contribution in [-0.4, -0.2) is 21.9 Å². The maximum Gasteiger partial charge on any atom is 0.0827 e. The zero-order valence-corrected chi connectivity index (χ0v) is 15.0. The molecule has 2 N–H and O–H groups in total. The molecule has 1 rings (SSSR count). The highest BCUT2D eigenvalue weighted by atomic mass is 16.3. The summed E-state index contributed by atoms with van der Waals surface area (Å²) in [6, 6.07) is 0. The first-order valence-corrected chi connectivity index (χ1v) is 8.62. The summed E-state index contributed by atoms with van der Waals surface area (Å²) in [6.07, 6.45) is 12.2. The molecule has 0 saturated carbocycles. The molecule has 0 aromatic carbocycles. The van der Waals surface area contributed by atoms with Crippen LogP contribution in [-0.2, 0) is 0 Å². The van der Waals surface area contributed by atoms with E-state index in [1.54, 1.807) is 6.92 Å². The summed E-state index contributed by atoms with van der Waals surface area (Å²) in [7, 11) is 0. The Morgan fingerprint density at radius 3 is 2.50 bits per heavy atom. The molecule has 0 fully saturated rings. The third-order valence-electron chi connectivity index (χ3n) is 4.56. The van der Waals surface area contributed by atoms with E-state index in [0.29, 0.717) is 18.3 Å². The molecule has 0 amide bonds. The lowest BCUT2D eigenvalue weighted by molar-refractivity contribution is 0.0565. The number of allylic oxidation sites excluding steroid dienone is 4. The second kappa shape index (κ2) is 8.69. The van der Waals surface area contributed by atoms with Gasteiger partial charge in [-0.15, -0.1) is 0 Å². The van der Waals surface area contributed by atoms with E-state index in [9.17, 15) is 10.2 Å². The third kappa shape index (κ3) is 7.42. The molecule has 0 heterocycles. The molecule has 0 aliphatic heterocycles. The molecular weight excluding hydrogens is 272 g/mol. The molecule has 22 heavy (non-hydrogen) atoms. The number of aliphatic hydroxyl groups is 2. The standard InChI is InChI=1S/C20H34O2/c1-15(2)18-10-9-16(3)7-6-8-17(4)13-19(21)14-20(5,22)12-11-18/h7,11-13,15,18-19,21-22H,6,8-10,14H2,1-5H3/b12-11?,16-7-,17-13-/t18-,19+,20+/m1/s1. The Morgan fingerprint density at radius 2 is 1.86 bits per heavy atom. The molecule has 126 valence electrons. The lowest BCUT2D eigenvalue weighted by Gasteiger charge is -2.24. The van der Waals surface area contributed by atoms with Gasteiger partial charge in [-0.2, -0.15) is 0 Å². The smallest absolute Gasteiger partial charge is 0.0827 e. The van der Waals surface area contributed by atoms with Gasteiger partial charge in [-0.3, -0.25) is 0 Å². The van der Waals surface area contributed by atoms with Crippen LogP contribution in [0.2, 0.25) is 0 Å². The largest absolute Gasteiger partial charge is 0.389 e. The van der Waals surface area contributed by atoms with Gasteiger partial charge in [-0.05, 0) is 58.3 Å². The van der Waals surface area contributed by atoms with Crippen LogP contribution in [0.15, 0.2) is 35.5 Å². The first-order valence-electron chi connectivity index (χ1n) is 8.62. The average Bonchev–Trinajstić information content (AvgIpc) is 2.36. The van der Waals surface area contributed by atoms with Gasteiger partial charge in [0.1, 0.15) is 0 Å². The molecule has 2 nitrogen and oxygen atoms in total. The Kier molecular flexibility index (Phi) is 7.58. The van der Waals surface area contributed by atoms with E-state index in [4.69, 9.17) is 0 Å². The van der Waals surface area contributed by atoms with Gasteiger partial charge in [-0.25, -0.2) is 0 Å². The van der Waals surface area contributed by atoms with Crippen LogP contribution in [0, 0.1) is 11.8 Å². The molecule has 0 unspecified atom stereocenters. The molecule has 0 aromatic rings. The van der Waals surface area contributed by atoms with Crippen LogP contribution in [0.25, 0.3) is 0 Å². The van der Waals surface area contributed by atoms with E-state index in [1.807, 2.05) is 12.2 Å². The van der Waals surface area contributed by atoms with Gasteiger partial charge >= 0.3 is 0 Å². The highest BCUT2D eigenvalue weighted by Gasteiger charge is 2.21. The molecule has 0 spiro atoms. The van der Waals surface area contributed by atoms with Gasteiger partial charge in [0.05, 0.1) is 11.7 Å². The normalized spacial score (nSPS) is 37.1. The highest BCUT2D eigenvalue weighted by molar-refractivity contribution is 5.10. The van der Waals surface area contributed by atoms with Gasteiger partial charge in [-0.1, -0.05) is 49.3 Å². The van der Waals surface area contributed by atoms with Crippen LogP contribution in [0.1, 0.15) is 66.7 Å². The molecule has 0 radical (unpaired) electrons. The van der Waals surface area contributed by atoms with Crippen LogP contribution in [0.3, 0.4) is 0 Å². The lowest BCUT2D eigenvalue weighted by Crippen LogP contribution is -2.27. The fraction of sp³-hybridized carbons (Fsp3) is 0.700. The summed E-state index contributed by atoms with van der Waals surface area (Å²) < 4.78 is 0. The number of aliphatic hydroxyl groups excluding tert-OH is 1. The average molecular weight is 306 g/mol. The second-order valence-electron chi connectivity index (χ2n) is 7.54. The van der Waals surface area contributed by atoms with E-state index in [1.165, 1.54) is 11.1 Å². The van der Waals surface area contributed by atoms with Crippen molar-refractivity contribution in [2.24, 2.45) is 11.8 Å². The minimum atomic E-state index is -0.960. The fourth-order valence-corrected chi connectivity index (χ4v) is 2.99. The van der Waals surface area contributed by atoms with Crippen molar-refractivity contribution in [3.8, 4) is 0 Å². The Bertz CT molecular complexity index is 427. The number of rotatable bonds is 1. The van der Waals surface area contributed by atoms with E-state index < -0.39 is 11.7 Å². The Hall–Kier alpha value is -0.860. The molecular formula is C20H34O2. The molecule has 0 aromatic heterocycles. The van der Waals surface area contributed by atoms with Crippen molar-refractivity contribution < 1.29 is 10.2 Å². The minimum absolute atomic E-state index is 0.348. The van der Waals surface area contributed by atoms with Crippen molar-refractivity contribution in [3.05, 3.63) is 35.5 Å². The lowest BCUT2D eigenvalue weighted by atomic mass is 9.86. The Balaban J connectivity index is 2.97. The fourth-order valence-electron chi connectivity index (χ4n) is 2.99. The Labute approximate surface area is 136 Å². The Morgan fingerprint density at radius 1 is 1.18 bits per heavy atom. The van der Waals surface area contributed by atoms with Crippen molar-refractivity contribution >= 4 is 0 Å². The van der Waals surface area contributed by atoms with Gasteiger partial charge in [0.25, 0.3) is 0 Å². The van der Waals surface area contributed by atoms with Gasteiger partial charge in [0, 0.05) is 6.42 Å². The predicted molar refractivity (Wildman–Crippen MR) is 94.7 cm³/mol. The molecule has 2 heteroatoms. The number of hydrogen-bond donors (Lipinski definition) is 2. The van der Waals surface area contributed by atoms with Crippen LogP contribution < -0.4 is 0 Å². The summed E-state index contributed by atoms with van der Waals surface area (Å²) in [5.41, 5.74) is 1.67. The first kappa shape index (κ1) is 19.2. The SMILES string of the molecule is C/C1=C/[C@H](O)C[C@@](C)(O)C=C[C@H](C(C)C)CC/C(C)=C\CC1. The number of hydrogen-bond acceptors (Lipinski definition) is 2. The predicted octanol–water partition coefficient (Wildman–Crippen LogP) is 4.78. The summed E-state index contributed by atoms with van der Waals surface area (Å²) >= 11 is 0. The molecule has 3 atom stereocenters. The van der Waals surface area contributed by atoms with Gasteiger partial charge in [0.2, 0.25) is 0 Å². The maximum absolute atomic E-state index is 10.5. The van der Waals surface area contributed by atoms with E-state index >= 15 is 0 Å². The van der Waals surface area contributed by atoms with Gasteiger partial charge in [0.15, 0.2) is 0 Å². The first-order chi connectivity index (χ1) is 10.2. The summed E-state index contributed by atoms with van der Waals surface area (Å²) in [6.45, 7) is 10.5. The monoisotopic (exact) mass is 306 g/mol. The van der Waals surface area contributed by atoms with Crippen molar-refractivity contribution in [2.45, 2.75) is 78.4 Å². The van der Waals surface area contributed by atoms with E-state index in [0.717, 1.165) is 25.7 Å². The zero-order valence-electron chi connectivity index (χ0n) is 15.0. The minimum Gasteiger partial charge on any atom is -0.389 e. The van der Waals surface area contributed by atoms with Crippen LogP contribution in [0.5, 0.6) is 0 Å². The topological polar surface area (TPSA) is 40.5 Å². The summed E-state index contributed by atoms with van der Waals surface area (Å²) in [5.74, 6) is 1.02. The maximum atomic E-state index is 10.5. The summed E-state index contributed by atoms with van der Waals surface area (Å²) in [4.78, 5) is 0. The van der Waals surface area contributed by atoms with Crippen LogP contribution in [0.4, 0.5) is 0 Å². The quantitative estimate of drug-likeness (QED) is 0.684. The van der Waals surface area contributed by atoms with Crippen molar-refractivity contribution in [1.82, 2.24) is 0 Å². The van der Waals surface area contributed by atoms with Crippen molar-refractivity contribution in [2.75, 3.05) is 0 Å². The third-order valence-corrected chi connectivity index (χ3v) is 4.56. The van der Waals surface area contributed by atoms with E-state index in [-0.39, 0.29) is 0 Å². The highest BCUT2D eigenvalue weighted by Crippen LogP contribution is 2.25. The van der Waals surface area contributed by atoms with E-state index in [2.05, 4.69) is 39.8 Å².